The van der Waals surface area contributed by atoms with Crippen LogP contribution in [0.5, 0.6) is 0 Å². The molecule has 0 fully saturated rings. The second kappa shape index (κ2) is 4.55. The molecule has 0 saturated carbocycles. The highest BCUT2D eigenvalue weighted by atomic mass is 16.2. The Balaban J connectivity index is 2.62. The van der Waals surface area contributed by atoms with Gasteiger partial charge >= 0.3 is 6.03 Å². The summed E-state index contributed by atoms with van der Waals surface area (Å²) in [7, 11) is 1.66. The van der Waals surface area contributed by atoms with Gasteiger partial charge in [-0.15, -0.1) is 0 Å². The molecule has 0 aromatic carbocycles. The third-order valence-corrected chi connectivity index (χ3v) is 1.57. The van der Waals surface area contributed by atoms with Crippen LogP contribution in [0.3, 0.4) is 0 Å². The van der Waals surface area contributed by atoms with E-state index in [0.717, 1.165) is 0 Å². The second-order valence-electron chi connectivity index (χ2n) is 3.22. The molecule has 0 unspecified atom stereocenters. The van der Waals surface area contributed by atoms with E-state index in [0.29, 0.717) is 0 Å². The van der Waals surface area contributed by atoms with E-state index >= 15 is 0 Å². The molecule has 0 saturated heterocycles. The van der Waals surface area contributed by atoms with Gasteiger partial charge < -0.3 is 0 Å². The number of nitrogens with zero attached hydrogens (tertiary/aromatic N) is 4. The van der Waals surface area contributed by atoms with E-state index in [4.69, 9.17) is 0 Å². The molecule has 1 rings (SSSR count). The number of aliphatic imine (C=N–C) groups is 1. The molecule has 0 spiro atoms. The van der Waals surface area contributed by atoms with Crippen LogP contribution in [0.1, 0.15) is 13.8 Å². The molecule has 1 amide bonds. The van der Waals surface area contributed by atoms with E-state index < -0.39 is 0 Å². The Morgan fingerprint density at radius 1 is 1.64 bits per heavy atom. The van der Waals surface area contributed by atoms with Gasteiger partial charge in [0, 0.05) is 25.5 Å². The Labute approximate surface area is 83.1 Å². The van der Waals surface area contributed by atoms with Crippen molar-refractivity contribution in [3.63, 3.8) is 0 Å². The Kier molecular flexibility index (Phi) is 3.39. The molecule has 0 aliphatic heterocycles. The molecule has 1 aromatic rings. The van der Waals surface area contributed by atoms with Gasteiger partial charge in [-0.05, 0) is 13.8 Å². The summed E-state index contributed by atoms with van der Waals surface area (Å²) in [5, 5.41) is 0. The zero-order valence-corrected chi connectivity index (χ0v) is 8.58. The average molecular weight is 194 g/mol. The van der Waals surface area contributed by atoms with Crippen LogP contribution in [0.4, 0.5) is 4.79 Å². The summed E-state index contributed by atoms with van der Waals surface area (Å²) in [5.41, 5.74) is 0. The van der Waals surface area contributed by atoms with Crippen LogP contribution in [0.15, 0.2) is 23.7 Å². The number of imidazole rings is 1. The number of amides is 1. The van der Waals surface area contributed by atoms with Crippen LogP contribution in [0.2, 0.25) is 0 Å². The molecule has 1 heterocycles. The second-order valence-corrected chi connectivity index (χ2v) is 3.22. The van der Waals surface area contributed by atoms with Crippen molar-refractivity contribution in [2.45, 2.75) is 19.9 Å². The van der Waals surface area contributed by atoms with Crippen molar-refractivity contribution in [1.82, 2.24) is 14.5 Å². The van der Waals surface area contributed by atoms with Gasteiger partial charge in [-0.1, -0.05) is 0 Å². The number of carbonyl (C=O) groups is 1. The van der Waals surface area contributed by atoms with Crippen molar-refractivity contribution in [3.8, 4) is 0 Å². The lowest BCUT2D eigenvalue weighted by Gasteiger charge is -2.11. The normalized spacial score (nSPS) is 11.1. The van der Waals surface area contributed by atoms with Gasteiger partial charge in [-0.25, -0.2) is 9.78 Å². The minimum absolute atomic E-state index is 0.174. The van der Waals surface area contributed by atoms with Crippen LogP contribution in [-0.4, -0.2) is 39.9 Å². The molecule has 5 nitrogen and oxygen atoms in total. The van der Waals surface area contributed by atoms with Crippen LogP contribution >= 0.6 is 0 Å². The van der Waals surface area contributed by atoms with E-state index in [-0.39, 0.29) is 12.1 Å². The average Bonchev–Trinajstić information content (AvgIpc) is 2.65. The molecule has 76 valence electrons. The highest BCUT2D eigenvalue weighted by Crippen LogP contribution is 1.92. The fourth-order valence-electron chi connectivity index (χ4n) is 0.837. The first-order valence-corrected chi connectivity index (χ1v) is 4.39. The number of hydrogen-bond acceptors (Lipinski definition) is 3. The number of carbonyl (C=O) groups excluding carboxylic acids is 1. The number of hydrogen-bond donors (Lipinski definition) is 0. The Bertz CT molecular complexity index is 316. The van der Waals surface area contributed by atoms with Crippen molar-refractivity contribution in [1.29, 1.82) is 0 Å². The molecular formula is C9H14N4O. The fourth-order valence-corrected chi connectivity index (χ4v) is 0.837. The van der Waals surface area contributed by atoms with E-state index in [9.17, 15) is 4.79 Å². The van der Waals surface area contributed by atoms with Crippen molar-refractivity contribution >= 4 is 12.4 Å². The lowest BCUT2D eigenvalue weighted by atomic mass is 10.4. The summed E-state index contributed by atoms with van der Waals surface area (Å²) in [5.74, 6) is 0. The molecular weight excluding hydrogens is 180 g/mol. The summed E-state index contributed by atoms with van der Waals surface area (Å²) in [4.78, 5) is 20.9. The van der Waals surface area contributed by atoms with Crippen molar-refractivity contribution in [2.24, 2.45) is 4.99 Å². The van der Waals surface area contributed by atoms with Gasteiger partial charge in [0.05, 0.1) is 6.34 Å². The van der Waals surface area contributed by atoms with Gasteiger partial charge in [0.25, 0.3) is 0 Å². The topological polar surface area (TPSA) is 50.5 Å². The predicted molar refractivity (Wildman–Crippen MR) is 54.4 cm³/mol. The Hall–Kier alpha value is -1.65. The van der Waals surface area contributed by atoms with Crippen LogP contribution < -0.4 is 0 Å². The molecule has 14 heavy (non-hydrogen) atoms. The van der Waals surface area contributed by atoms with E-state index in [2.05, 4.69) is 9.98 Å². The van der Waals surface area contributed by atoms with Crippen molar-refractivity contribution < 1.29 is 4.79 Å². The first-order valence-electron chi connectivity index (χ1n) is 4.39. The maximum atomic E-state index is 11.6. The fraction of sp³-hybridized carbons (Fsp3) is 0.444. The smallest absolute Gasteiger partial charge is 0.287 e. The van der Waals surface area contributed by atoms with Crippen LogP contribution in [0, 0.1) is 0 Å². The first kappa shape index (κ1) is 10.4. The highest BCUT2D eigenvalue weighted by molar-refractivity contribution is 5.87. The van der Waals surface area contributed by atoms with E-state index in [1.165, 1.54) is 22.1 Å². The molecule has 0 N–H and O–H groups in total. The molecule has 0 atom stereocenters. The molecule has 0 radical (unpaired) electrons. The van der Waals surface area contributed by atoms with Gasteiger partial charge in [-0.3, -0.25) is 14.5 Å². The summed E-state index contributed by atoms with van der Waals surface area (Å²) in [6, 6.07) is 0.0138. The largest absolute Gasteiger partial charge is 0.334 e. The maximum Gasteiger partial charge on any atom is 0.334 e. The lowest BCUT2D eigenvalue weighted by molar-refractivity contribution is 0.229. The first-order chi connectivity index (χ1) is 6.61. The summed E-state index contributed by atoms with van der Waals surface area (Å²) >= 11 is 0. The standard InChI is InChI=1S/C9H14N4O/c1-8(2)11-7-12(3)9(14)13-5-4-10-6-13/h4-8H,1-3H3/b11-7-. The Morgan fingerprint density at radius 2 is 2.36 bits per heavy atom. The van der Waals surface area contributed by atoms with Gasteiger partial charge in [-0.2, -0.15) is 0 Å². The Morgan fingerprint density at radius 3 is 2.86 bits per heavy atom. The SMILES string of the molecule is CC(C)/N=C\N(C)C(=O)n1ccnc1. The van der Waals surface area contributed by atoms with Gasteiger partial charge in [0.15, 0.2) is 0 Å². The highest BCUT2D eigenvalue weighted by Gasteiger charge is 2.07. The minimum Gasteiger partial charge on any atom is -0.287 e. The lowest BCUT2D eigenvalue weighted by Crippen LogP contribution is -2.29. The summed E-state index contributed by atoms with van der Waals surface area (Å²) in [6.45, 7) is 3.90. The van der Waals surface area contributed by atoms with E-state index in [1.54, 1.807) is 19.4 Å². The van der Waals surface area contributed by atoms with Crippen molar-refractivity contribution in [3.05, 3.63) is 18.7 Å². The minimum atomic E-state index is -0.174. The van der Waals surface area contributed by atoms with Gasteiger partial charge in [0.2, 0.25) is 0 Å². The molecule has 1 aromatic heterocycles. The number of rotatable bonds is 2. The van der Waals surface area contributed by atoms with Crippen LogP contribution in [-0.2, 0) is 0 Å². The molecule has 5 heteroatoms. The zero-order chi connectivity index (χ0) is 10.6. The molecule has 0 aliphatic carbocycles. The monoisotopic (exact) mass is 194 g/mol. The van der Waals surface area contributed by atoms with Crippen molar-refractivity contribution in [2.75, 3.05) is 7.05 Å². The summed E-state index contributed by atoms with van der Waals surface area (Å²) < 4.78 is 1.40. The summed E-state index contributed by atoms with van der Waals surface area (Å²) in [6.07, 6.45) is 6.14. The third-order valence-electron chi connectivity index (χ3n) is 1.57. The molecule has 0 bridgehead atoms. The van der Waals surface area contributed by atoms with Crippen LogP contribution in [0.25, 0.3) is 0 Å². The zero-order valence-electron chi connectivity index (χ0n) is 8.58. The third kappa shape index (κ3) is 2.69. The van der Waals surface area contributed by atoms with E-state index in [1.807, 2.05) is 13.8 Å². The molecule has 0 aliphatic rings. The maximum absolute atomic E-state index is 11.6. The predicted octanol–water partition coefficient (Wildman–Crippen LogP) is 1.22. The number of aromatic nitrogens is 2. The quantitative estimate of drug-likeness (QED) is 0.525. The van der Waals surface area contributed by atoms with Gasteiger partial charge in [0.1, 0.15) is 6.33 Å².